The molecule has 132 valence electrons. The summed E-state index contributed by atoms with van der Waals surface area (Å²) in [5, 5.41) is 3.70. The number of hydrogen-bond acceptors (Lipinski definition) is 3. The third-order valence-corrected chi connectivity index (χ3v) is 5.06. The van der Waals surface area contributed by atoms with E-state index in [1.165, 1.54) is 12.1 Å². The van der Waals surface area contributed by atoms with Crippen molar-refractivity contribution in [1.82, 2.24) is 10.3 Å². The maximum absolute atomic E-state index is 13.7. The van der Waals surface area contributed by atoms with Crippen molar-refractivity contribution < 1.29 is 13.9 Å². The molecule has 1 unspecified atom stereocenters. The van der Waals surface area contributed by atoms with Gasteiger partial charge < -0.3 is 10.1 Å². The molecule has 1 aliphatic carbocycles. The molecule has 5 heteroatoms. The number of carbonyl (C=O) groups excluding carboxylic acids is 1. The number of nitrogens with zero attached hydrogens (tertiary/aromatic N) is 1. The SMILES string of the molecule is CC1(C)CC(NC(=O)c2cc(C3CC3)nc3ccc(F)cc23)CCO1. The summed E-state index contributed by atoms with van der Waals surface area (Å²) in [6.45, 7) is 4.71. The highest BCUT2D eigenvalue weighted by Gasteiger charge is 2.31. The molecule has 1 amide bonds. The van der Waals surface area contributed by atoms with Crippen LogP contribution < -0.4 is 5.32 Å². The number of hydrogen-bond donors (Lipinski definition) is 1. The van der Waals surface area contributed by atoms with Crippen LogP contribution >= 0.6 is 0 Å². The lowest BCUT2D eigenvalue weighted by Crippen LogP contribution is -2.45. The van der Waals surface area contributed by atoms with Crippen LogP contribution in [0, 0.1) is 5.82 Å². The molecule has 1 aromatic heterocycles. The van der Waals surface area contributed by atoms with Gasteiger partial charge in [-0.25, -0.2) is 4.39 Å². The van der Waals surface area contributed by atoms with Gasteiger partial charge in [-0.05, 0) is 63.8 Å². The van der Waals surface area contributed by atoms with Crippen molar-refractivity contribution in [2.45, 2.75) is 57.1 Å². The Balaban J connectivity index is 1.66. The van der Waals surface area contributed by atoms with Gasteiger partial charge in [0.1, 0.15) is 5.82 Å². The number of rotatable bonds is 3. The third-order valence-electron chi connectivity index (χ3n) is 5.06. The number of carbonyl (C=O) groups is 1. The average Bonchev–Trinajstić information content (AvgIpc) is 3.37. The summed E-state index contributed by atoms with van der Waals surface area (Å²) in [7, 11) is 0. The van der Waals surface area contributed by atoms with E-state index in [1.807, 2.05) is 19.9 Å². The zero-order chi connectivity index (χ0) is 17.6. The molecule has 1 saturated carbocycles. The van der Waals surface area contributed by atoms with E-state index in [1.54, 1.807) is 6.07 Å². The summed E-state index contributed by atoms with van der Waals surface area (Å²) in [4.78, 5) is 17.6. The zero-order valence-electron chi connectivity index (χ0n) is 14.6. The minimum Gasteiger partial charge on any atom is -0.375 e. The first-order chi connectivity index (χ1) is 11.9. The maximum Gasteiger partial charge on any atom is 0.252 e. The first kappa shape index (κ1) is 16.5. The molecule has 2 aromatic rings. The molecule has 2 aliphatic rings. The minimum atomic E-state index is -0.352. The summed E-state index contributed by atoms with van der Waals surface area (Å²) in [6.07, 6.45) is 3.78. The van der Waals surface area contributed by atoms with Gasteiger partial charge in [0, 0.05) is 29.6 Å². The largest absolute Gasteiger partial charge is 0.375 e. The molecule has 2 fully saturated rings. The van der Waals surface area contributed by atoms with Crippen LogP contribution in [0.2, 0.25) is 0 Å². The van der Waals surface area contributed by atoms with Crippen LogP contribution in [0.3, 0.4) is 0 Å². The van der Waals surface area contributed by atoms with Crippen molar-refractivity contribution in [2.75, 3.05) is 6.61 Å². The second-order valence-electron chi connectivity index (χ2n) is 7.80. The normalized spacial score (nSPS) is 22.8. The molecule has 1 aliphatic heterocycles. The van der Waals surface area contributed by atoms with Gasteiger partial charge in [0.2, 0.25) is 0 Å². The molecule has 1 aromatic carbocycles. The van der Waals surface area contributed by atoms with Gasteiger partial charge in [0.15, 0.2) is 0 Å². The molecule has 0 spiro atoms. The predicted octanol–water partition coefficient (Wildman–Crippen LogP) is 3.94. The molecule has 1 saturated heterocycles. The first-order valence-corrected chi connectivity index (χ1v) is 8.96. The summed E-state index contributed by atoms with van der Waals surface area (Å²) >= 11 is 0. The van der Waals surface area contributed by atoms with Crippen LogP contribution in [0.5, 0.6) is 0 Å². The Hall–Kier alpha value is -2.01. The fourth-order valence-corrected chi connectivity index (χ4v) is 3.61. The van der Waals surface area contributed by atoms with Gasteiger partial charge >= 0.3 is 0 Å². The lowest BCUT2D eigenvalue weighted by molar-refractivity contribution is -0.0615. The summed E-state index contributed by atoms with van der Waals surface area (Å²) in [6, 6.07) is 6.37. The Labute approximate surface area is 146 Å². The van der Waals surface area contributed by atoms with Crippen LogP contribution in [0.4, 0.5) is 4.39 Å². The molecule has 25 heavy (non-hydrogen) atoms. The smallest absolute Gasteiger partial charge is 0.252 e. The molecule has 0 bridgehead atoms. The van der Waals surface area contributed by atoms with Crippen LogP contribution in [0.15, 0.2) is 24.3 Å². The van der Waals surface area contributed by atoms with Gasteiger partial charge in [-0.15, -0.1) is 0 Å². The van der Waals surface area contributed by atoms with Gasteiger partial charge in [-0.1, -0.05) is 0 Å². The highest BCUT2D eigenvalue weighted by atomic mass is 19.1. The van der Waals surface area contributed by atoms with Crippen molar-refractivity contribution in [2.24, 2.45) is 0 Å². The number of halogens is 1. The second kappa shape index (κ2) is 6.06. The van der Waals surface area contributed by atoms with E-state index in [9.17, 15) is 9.18 Å². The molecule has 4 nitrogen and oxygen atoms in total. The molecule has 0 radical (unpaired) electrons. The molecule has 1 atom stereocenters. The maximum atomic E-state index is 13.7. The number of fused-ring (bicyclic) bond motifs is 1. The highest BCUT2D eigenvalue weighted by Crippen LogP contribution is 2.40. The number of benzene rings is 1. The Kier molecular flexibility index (Phi) is 3.99. The predicted molar refractivity (Wildman–Crippen MR) is 94.2 cm³/mol. The van der Waals surface area contributed by atoms with E-state index < -0.39 is 0 Å². The van der Waals surface area contributed by atoms with Crippen LogP contribution in [0.25, 0.3) is 10.9 Å². The molecule has 2 heterocycles. The zero-order valence-corrected chi connectivity index (χ0v) is 14.6. The molecule has 1 N–H and O–H groups in total. The van der Waals surface area contributed by atoms with Crippen molar-refractivity contribution >= 4 is 16.8 Å². The van der Waals surface area contributed by atoms with E-state index >= 15 is 0 Å². The fraction of sp³-hybridized carbons (Fsp3) is 0.500. The number of aromatic nitrogens is 1. The Morgan fingerprint density at radius 1 is 1.28 bits per heavy atom. The Morgan fingerprint density at radius 2 is 2.08 bits per heavy atom. The van der Waals surface area contributed by atoms with E-state index in [-0.39, 0.29) is 23.4 Å². The Bertz CT molecular complexity index is 830. The van der Waals surface area contributed by atoms with Crippen LogP contribution in [0.1, 0.15) is 61.5 Å². The number of nitrogens with one attached hydrogen (secondary N) is 1. The topological polar surface area (TPSA) is 51.2 Å². The quantitative estimate of drug-likeness (QED) is 0.919. The average molecular weight is 342 g/mol. The van der Waals surface area contributed by atoms with E-state index in [4.69, 9.17) is 4.74 Å². The molecular formula is C20H23FN2O2. The first-order valence-electron chi connectivity index (χ1n) is 8.96. The van der Waals surface area contributed by atoms with Crippen molar-refractivity contribution in [1.29, 1.82) is 0 Å². The van der Waals surface area contributed by atoms with Gasteiger partial charge in [0.25, 0.3) is 5.91 Å². The fourth-order valence-electron chi connectivity index (χ4n) is 3.61. The summed E-state index contributed by atoms with van der Waals surface area (Å²) < 4.78 is 19.5. The van der Waals surface area contributed by atoms with E-state index in [2.05, 4.69) is 10.3 Å². The van der Waals surface area contributed by atoms with Crippen molar-refractivity contribution in [3.05, 3.63) is 41.3 Å². The van der Waals surface area contributed by atoms with Gasteiger partial charge in [-0.3, -0.25) is 9.78 Å². The monoisotopic (exact) mass is 342 g/mol. The van der Waals surface area contributed by atoms with Gasteiger partial charge in [-0.2, -0.15) is 0 Å². The molecule has 4 rings (SSSR count). The van der Waals surface area contributed by atoms with E-state index in [0.29, 0.717) is 29.0 Å². The number of ether oxygens (including phenoxy) is 1. The second-order valence-corrected chi connectivity index (χ2v) is 7.80. The standard InChI is InChI=1S/C20H23FN2O2/c1-20(2)11-14(7-8-25-20)22-19(24)16-10-18(12-3-4-12)23-17-6-5-13(21)9-15(16)17/h5-6,9-10,12,14H,3-4,7-8,11H2,1-2H3,(H,22,24). The Morgan fingerprint density at radius 3 is 2.80 bits per heavy atom. The minimum absolute atomic E-state index is 0.0670. The number of amides is 1. The third kappa shape index (κ3) is 3.52. The summed E-state index contributed by atoms with van der Waals surface area (Å²) in [5.74, 6) is -0.0691. The summed E-state index contributed by atoms with van der Waals surface area (Å²) in [5.41, 5.74) is 1.91. The van der Waals surface area contributed by atoms with Crippen molar-refractivity contribution in [3.63, 3.8) is 0 Å². The highest BCUT2D eigenvalue weighted by molar-refractivity contribution is 6.06. The van der Waals surface area contributed by atoms with Crippen LogP contribution in [-0.2, 0) is 4.74 Å². The lowest BCUT2D eigenvalue weighted by atomic mass is 9.93. The lowest BCUT2D eigenvalue weighted by Gasteiger charge is -2.35. The van der Waals surface area contributed by atoms with Crippen molar-refractivity contribution in [3.8, 4) is 0 Å². The van der Waals surface area contributed by atoms with E-state index in [0.717, 1.165) is 31.4 Å². The molecular weight excluding hydrogens is 319 g/mol. The van der Waals surface area contributed by atoms with Gasteiger partial charge in [0.05, 0.1) is 16.7 Å². The van der Waals surface area contributed by atoms with Crippen LogP contribution in [-0.4, -0.2) is 29.1 Å². The number of pyridine rings is 1.